The van der Waals surface area contributed by atoms with E-state index in [4.69, 9.17) is 5.10 Å². The molecule has 1 N–H and O–H groups in total. The number of nitrogens with one attached hydrogen (secondary N) is 1. The van der Waals surface area contributed by atoms with Gasteiger partial charge >= 0.3 is 0 Å². The van der Waals surface area contributed by atoms with Crippen molar-refractivity contribution in [3.05, 3.63) is 64.1 Å². The van der Waals surface area contributed by atoms with Gasteiger partial charge in [-0.25, -0.2) is 4.68 Å². The minimum atomic E-state index is 0.971. The maximum Gasteiger partial charge on any atom is 0.133 e. The van der Waals surface area contributed by atoms with E-state index in [1.807, 2.05) is 6.07 Å². The van der Waals surface area contributed by atoms with E-state index >= 15 is 0 Å². The summed E-state index contributed by atoms with van der Waals surface area (Å²) in [7, 11) is 0. The number of hydrogen-bond donors (Lipinski definition) is 1. The molecule has 116 valence electrons. The summed E-state index contributed by atoms with van der Waals surface area (Å²) in [6.07, 6.45) is 2.01. The summed E-state index contributed by atoms with van der Waals surface area (Å²) >= 11 is 3.67. The lowest BCUT2D eigenvalue weighted by Gasteiger charge is -2.10. The van der Waals surface area contributed by atoms with Gasteiger partial charge in [-0.05, 0) is 30.5 Å². The largest absolute Gasteiger partial charge is 0.369 e. The van der Waals surface area contributed by atoms with Crippen LogP contribution in [0.2, 0.25) is 0 Å². The van der Waals surface area contributed by atoms with Gasteiger partial charge in [-0.3, -0.25) is 0 Å². The Bertz CT molecular complexity index is 867. The normalized spacial score (nSPS) is 13.0. The lowest BCUT2D eigenvalue weighted by molar-refractivity contribution is 0.865. The Hall–Kier alpha value is -2.07. The van der Waals surface area contributed by atoms with Crippen LogP contribution in [0.4, 0.5) is 5.82 Å². The molecule has 1 aliphatic rings. The molecule has 0 radical (unpaired) electrons. The van der Waals surface area contributed by atoms with Crippen molar-refractivity contribution >= 4 is 21.7 Å². The number of halogens is 1. The van der Waals surface area contributed by atoms with Gasteiger partial charge < -0.3 is 5.32 Å². The summed E-state index contributed by atoms with van der Waals surface area (Å²) < 4.78 is 3.17. The molecule has 0 fully saturated rings. The Labute approximate surface area is 144 Å². The molecule has 2 aromatic carbocycles. The van der Waals surface area contributed by atoms with Gasteiger partial charge in [0, 0.05) is 22.1 Å². The van der Waals surface area contributed by atoms with Crippen LogP contribution in [-0.2, 0) is 12.8 Å². The van der Waals surface area contributed by atoms with Crippen LogP contribution in [0, 0.1) is 0 Å². The lowest BCUT2D eigenvalue weighted by Crippen LogP contribution is -2.06. The molecule has 0 atom stereocenters. The molecule has 1 aromatic heterocycles. The fraction of sp³-hybridized carbons (Fsp3) is 0.211. The second-order valence-corrected chi connectivity index (χ2v) is 6.58. The average molecular weight is 368 g/mol. The number of fused-ring (bicyclic) bond motifs is 1. The van der Waals surface area contributed by atoms with Crippen LogP contribution in [-0.4, -0.2) is 16.3 Å². The molecule has 0 saturated carbocycles. The zero-order valence-corrected chi connectivity index (χ0v) is 14.6. The van der Waals surface area contributed by atoms with Crippen molar-refractivity contribution in [3.63, 3.8) is 0 Å². The number of hydrogen-bond acceptors (Lipinski definition) is 2. The molecule has 2 heterocycles. The number of aryl methyl sites for hydroxylation is 1. The molecule has 0 spiro atoms. The number of benzene rings is 2. The van der Waals surface area contributed by atoms with E-state index in [0.29, 0.717) is 0 Å². The van der Waals surface area contributed by atoms with E-state index in [0.717, 1.165) is 40.9 Å². The molecule has 0 aliphatic carbocycles. The third-order valence-corrected chi connectivity index (χ3v) is 5.07. The summed E-state index contributed by atoms with van der Waals surface area (Å²) in [6.45, 7) is 3.16. The summed E-state index contributed by atoms with van der Waals surface area (Å²) in [5.41, 5.74) is 6.01. The molecular weight excluding hydrogens is 350 g/mol. The highest BCUT2D eigenvalue weighted by molar-refractivity contribution is 9.10. The third-order valence-electron chi connectivity index (χ3n) is 4.38. The quantitative estimate of drug-likeness (QED) is 0.718. The van der Waals surface area contributed by atoms with Crippen molar-refractivity contribution in [3.8, 4) is 16.9 Å². The SMILES string of the molecule is CCc1ccccc1-n1nc(-c2ccccc2Br)c2c1NCC2. The van der Waals surface area contributed by atoms with Gasteiger partial charge in [-0.15, -0.1) is 0 Å². The standard InChI is InChI=1S/C19H18BrN3/c1-2-13-7-3-6-10-17(13)23-19-15(11-12-21-19)18(22-23)14-8-4-5-9-16(14)20/h3-10,21H,2,11-12H2,1H3. The molecule has 0 saturated heterocycles. The topological polar surface area (TPSA) is 29.9 Å². The van der Waals surface area contributed by atoms with Crippen molar-refractivity contribution in [2.24, 2.45) is 0 Å². The van der Waals surface area contributed by atoms with Gasteiger partial charge in [0.05, 0.1) is 11.4 Å². The predicted octanol–water partition coefficient (Wildman–Crippen LogP) is 4.83. The Morgan fingerprint density at radius 1 is 1.13 bits per heavy atom. The number of aromatic nitrogens is 2. The molecule has 0 amide bonds. The minimum absolute atomic E-state index is 0.971. The Kier molecular flexibility index (Phi) is 3.69. The van der Waals surface area contributed by atoms with Crippen molar-refractivity contribution in [2.45, 2.75) is 19.8 Å². The van der Waals surface area contributed by atoms with E-state index in [9.17, 15) is 0 Å². The molecule has 3 nitrogen and oxygen atoms in total. The van der Waals surface area contributed by atoms with Crippen LogP contribution >= 0.6 is 15.9 Å². The Balaban J connectivity index is 1.94. The van der Waals surface area contributed by atoms with Gasteiger partial charge in [0.15, 0.2) is 0 Å². The van der Waals surface area contributed by atoms with Crippen LogP contribution < -0.4 is 5.32 Å². The van der Waals surface area contributed by atoms with Crippen LogP contribution in [0.15, 0.2) is 53.0 Å². The molecule has 3 aromatic rings. The van der Waals surface area contributed by atoms with Crippen LogP contribution in [0.5, 0.6) is 0 Å². The van der Waals surface area contributed by atoms with E-state index in [1.165, 1.54) is 16.8 Å². The van der Waals surface area contributed by atoms with Gasteiger partial charge in [0.2, 0.25) is 0 Å². The number of para-hydroxylation sites is 1. The highest BCUT2D eigenvalue weighted by Crippen LogP contribution is 2.37. The first-order valence-electron chi connectivity index (χ1n) is 7.98. The first-order valence-corrected chi connectivity index (χ1v) is 8.78. The molecule has 4 heteroatoms. The van der Waals surface area contributed by atoms with Gasteiger partial charge in [0.25, 0.3) is 0 Å². The predicted molar refractivity (Wildman–Crippen MR) is 98.3 cm³/mol. The lowest BCUT2D eigenvalue weighted by atomic mass is 10.1. The van der Waals surface area contributed by atoms with Crippen molar-refractivity contribution in [2.75, 3.05) is 11.9 Å². The Morgan fingerprint density at radius 3 is 2.74 bits per heavy atom. The minimum Gasteiger partial charge on any atom is -0.369 e. The van der Waals surface area contributed by atoms with E-state index < -0.39 is 0 Å². The maximum absolute atomic E-state index is 4.97. The van der Waals surface area contributed by atoms with E-state index in [-0.39, 0.29) is 0 Å². The maximum atomic E-state index is 4.97. The molecule has 1 aliphatic heterocycles. The molecular formula is C19H18BrN3. The molecule has 4 rings (SSSR count). The zero-order valence-electron chi connectivity index (χ0n) is 13.0. The van der Waals surface area contributed by atoms with Crippen molar-refractivity contribution in [1.82, 2.24) is 9.78 Å². The number of rotatable bonds is 3. The smallest absolute Gasteiger partial charge is 0.133 e. The molecule has 0 unspecified atom stereocenters. The number of nitrogens with zero attached hydrogens (tertiary/aromatic N) is 2. The van der Waals surface area contributed by atoms with Crippen molar-refractivity contribution in [1.29, 1.82) is 0 Å². The monoisotopic (exact) mass is 367 g/mol. The highest BCUT2D eigenvalue weighted by Gasteiger charge is 2.25. The molecule has 23 heavy (non-hydrogen) atoms. The van der Waals surface area contributed by atoms with Crippen LogP contribution in [0.25, 0.3) is 16.9 Å². The van der Waals surface area contributed by atoms with Gasteiger partial charge in [-0.1, -0.05) is 59.3 Å². The first-order chi connectivity index (χ1) is 11.3. The average Bonchev–Trinajstić information content (AvgIpc) is 3.18. The van der Waals surface area contributed by atoms with E-state index in [1.54, 1.807) is 0 Å². The fourth-order valence-electron chi connectivity index (χ4n) is 3.24. The highest BCUT2D eigenvalue weighted by atomic mass is 79.9. The van der Waals surface area contributed by atoms with Gasteiger partial charge in [0.1, 0.15) is 5.82 Å². The summed E-state index contributed by atoms with van der Waals surface area (Å²) in [6, 6.07) is 16.8. The van der Waals surface area contributed by atoms with Crippen LogP contribution in [0.3, 0.4) is 0 Å². The fourth-order valence-corrected chi connectivity index (χ4v) is 3.71. The van der Waals surface area contributed by atoms with Crippen LogP contribution in [0.1, 0.15) is 18.1 Å². The second-order valence-electron chi connectivity index (χ2n) is 5.73. The van der Waals surface area contributed by atoms with Crippen molar-refractivity contribution < 1.29 is 0 Å². The second kappa shape index (κ2) is 5.85. The Morgan fingerprint density at radius 2 is 1.91 bits per heavy atom. The summed E-state index contributed by atoms with van der Waals surface area (Å²) in [5, 5.41) is 8.48. The number of anilines is 1. The summed E-state index contributed by atoms with van der Waals surface area (Å²) in [4.78, 5) is 0. The van der Waals surface area contributed by atoms with E-state index in [2.05, 4.69) is 75.3 Å². The zero-order chi connectivity index (χ0) is 15.8. The molecule has 0 bridgehead atoms. The first kappa shape index (κ1) is 14.5. The van der Waals surface area contributed by atoms with Gasteiger partial charge in [-0.2, -0.15) is 5.10 Å². The third kappa shape index (κ3) is 2.38. The summed E-state index contributed by atoms with van der Waals surface area (Å²) in [5.74, 6) is 1.14.